The number of nitrogens with two attached hydrogens (primary N) is 1. The zero-order valence-electron chi connectivity index (χ0n) is 8.07. The molecule has 4 nitrogen and oxygen atoms in total. The minimum Gasteiger partial charge on any atom is -0.323 e. The zero-order chi connectivity index (χ0) is 12.3. The molecule has 88 valence electrons. The highest BCUT2D eigenvalue weighted by molar-refractivity contribution is 6.31. The van der Waals surface area contributed by atoms with Crippen LogP contribution in [-0.2, 0) is 6.42 Å². The van der Waals surface area contributed by atoms with E-state index in [0.717, 1.165) is 6.07 Å². The van der Waals surface area contributed by atoms with E-state index in [1.54, 1.807) is 0 Å². The predicted molar refractivity (Wildman–Crippen MR) is 55.8 cm³/mol. The lowest BCUT2D eigenvalue weighted by molar-refractivity contribution is -0.384. The normalized spacial score (nSPS) is 12.8. The maximum atomic E-state index is 12.2. The quantitative estimate of drug-likeness (QED) is 0.659. The molecule has 1 atom stereocenters. The van der Waals surface area contributed by atoms with Crippen molar-refractivity contribution in [2.24, 2.45) is 5.73 Å². The summed E-state index contributed by atoms with van der Waals surface area (Å²) >= 11 is 5.73. The second kappa shape index (κ2) is 5.18. The van der Waals surface area contributed by atoms with E-state index in [-0.39, 0.29) is 22.7 Å². The van der Waals surface area contributed by atoms with Crippen molar-refractivity contribution in [3.63, 3.8) is 0 Å². The van der Waals surface area contributed by atoms with Gasteiger partial charge in [0.05, 0.1) is 11.0 Å². The lowest BCUT2D eigenvalue weighted by Crippen LogP contribution is -2.31. The largest absolute Gasteiger partial charge is 0.323 e. The van der Waals surface area contributed by atoms with Crippen molar-refractivity contribution < 1.29 is 13.7 Å². The molecule has 0 radical (unpaired) electrons. The van der Waals surface area contributed by atoms with Crippen molar-refractivity contribution in [1.82, 2.24) is 0 Å². The third kappa shape index (κ3) is 3.11. The van der Waals surface area contributed by atoms with Crippen molar-refractivity contribution in [2.45, 2.75) is 18.9 Å². The van der Waals surface area contributed by atoms with E-state index in [1.165, 1.54) is 12.1 Å². The first-order valence-electron chi connectivity index (χ1n) is 4.38. The monoisotopic (exact) mass is 250 g/mol. The fraction of sp³-hybridized carbons (Fsp3) is 0.333. The molecule has 2 N–H and O–H groups in total. The summed E-state index contributed by atoms with van der Waals surface area (Å²) < 4.78 is 24.4. The van der Waals surface area contributed by atoms with Gasteiger partial charge in [0, 0.05) is 17.2 Å². The second-order valence-electron chi connectivity index (χ2n) is 3.24. The minimum absolute atomic E-state index is 0.194. The number of nitro groups is 1. The number of nitro benzene ring substituents is 1. The zero-order valence-corrected chi connectivity index (χ0v) is 8.82. The fourth-order valence-electron chi connectivity index (χ4n) is 1.17. The van der Waals surface area contributed by atoms with Gasteiger partial charge < -0.3 is 5.73 Å². The number of hydrogen-bond acceptors (Lipinski definition) is 3. The molecule has 0 heterocycles. The summed E-state index contributed by atoms with van der Waals surface area (Å²) in [5.74, 6) is 0. The van der Waals surface area contributed by atoms with Gasteiger partial charge in [-0.3, -0.25) is 10.1 Å². The minimum atomic E-state index is -2.68. The molecule has 0 amide bonds. The summed E-state index contributed by atoms with van der Waals surface area (Å²) in [4.78, 5) is 9.85. The van der Waals surface area contributed by atoms with Gasteiger partial charge in [0.2, 0.25) is 0 Å². The first kappa shape index (κ1) is 12.8. The van der Waals surface area contributed by atoms with Crippen molar-refractivity contribution in [2.75, 3.05) is 0 Å². The molecule has 0 fully saturated rings. The maximum Gasteiger partial charge on any atom is 0.269 e. The third-order valence-electron chi connectivity index (χ3n) is 2.02. The van der Waals surface area contributed by atoms with Gasteiger partial charge in [-0.05, 0) is 18.1 Å². The predicted octanol–water partition coefficient (Wildman–Crippen LogP) is 2.38. The maximum absolute atomic E-state index is 12.2. The Morgan fingerprint density at radius 1 is 1.50 bits per heavy atom. The van der Waals surface area contributed by atoms with Crippen LogP contribution < -0.4 is 5.73 Å². The first-order valence-corrected chi connectivity index (χ1v) is 4.76. The number of non-ortho nitro benzene ring substituents is 1. The molecule has 1 aromatic carbocycles. The highest BCUT2D eigenvalue weighted by Gasteiger charge is 2.18. The van der Waals surface area contributed by atoms with Gasteiger partial charge in [0.15, 0.2) is 0 Å². The lowest BCUT2D eigenvalue weighted by Gasteiger charge is -2.11. The average molecular weight is 251 g/mol. The number of benzene rings is 1. The molecular weight excluding hydrogens is 242 g/mol. The van der Waals surface area contributed by atoms with Crippen LogP contribution >= 0.6 is 11.6 Å². The fourth-order valence-corrected chi connectivity index (χ4v) is 1.37. The van der Waals surface area contributed by atoms with E-state index in [9.17, 15) is 18.9 Å². The molecule has 0 aliphatic carbocycles. The summed E-state index contributed by atoms with van der Waals surface area (Å²) in [5.41, 5.74) is 5.22. The number of halogens is 3. The molecule has 0 bridgehead atoms. The van der Waals surface area contributed by atoms with Crippen molar-refractivity contribution in [3.8, 4) is 0 Å². The van der Waals surface area contributed by atoms with E-state index in [1.807, 2.05) is 0 Å². The van der Waals surface area contributed by atoms with Crippen LogP contribution in [-0.4, -0.2) is 17.4 Å². The number of rotatable bonds is 4. The van der Waals surface area contributed by atoms with Crippen molar-refractivity contribution in [3.05, 3.63) is 38.9 Å². The number of hydrogen-bond donors (Lipinski definition) is 1. The third-order valence-corrected chi connectivity index (χ3v) is 2.39. The van der Waals surface area contributed by atoms with Gasteiger partial charge in [0.1, 0.15) is 0 Å². The Balaban J connectivity index is 2.94. The van der Waals surface area contributed by atoms with Crippen LogP contribution in [0.2, 0.25) is 5.02 Å². The SMILES string of the molecule is NC(Cc1cc([N+](=O)[O-])ccc1Cl)C(F)F. The highest BCUT2D eigenvalue weighted by atomic mass is 35.5. The summed E-state index contributed by atoms with van der Waals surface area (Å²) in [6.45, 7) is 0. The Hall–Kier alpha value is -1.27. The molecule has 1 rings (SSSR count). The van der Waals surface area contributed by atoms with Crippen LogP contribution in [0, 0.1) is 10.1 Å². The van der Waals surface area contributed by atoms with Gasteiger partial charge in [0.25, 0.3) is 12.1 Å². The van der Waals surface area contributed by atoms with Gasteiger partial charge in [-0.2, -0.15) is 0 Å². The van der Waals surface area contributed by atoms with Crippen molar-refractivity contribution in [1.29, 1.82) is 0 Å². The Bertz CT molecular complexity index is 401. The molecule has 0 aliphatic rings. The molecular formula is C9H9ClF2N2O2. The molecule has 1 unspecified atom stereocenters. The van der Waals surface area contributed by atoms with E-state index >= 15 is 0 Å². The molecule has 0 spiro atoms. The van der Waals surface area contributed by atoms with Crippen LogP contribution in [0.3, 0.4) is 0 Å². The Morgan fingerprint density at radius 2 is 2.12 bits per heavy atom. The van der Waals surface area contributed by atoms with Crippen molar-refractivity contribution >= 4 is 17.3 Å². The summed E-state index contributed by atoms with van der Waals surface area (Å²) in [6.07, 6.45) is -2.88. The molecule has 0 aromatic heterocycles. The molecule has 16 heavy (non-hydrogen) atoms. The summed E-state index contributed by atoms with van der Waals surface area (Å²) in [5, 5.41) is 10.7. The van der Waals surface area contributed by atoms with Crippen LogP contribution in [0.5, 0.6) is 0 Å². The molecule has 1 aromatic rings. The van der Waals surface area contributed by atoms with Crippen LogP contribution in [0.15, 0.2) is 18.2 Å². The molecule has 0 saturated heterocycles. The van der Waals surface area contributed by atoms with Crippen LogP contribution in [0.4, 0.5) is 14.5 Å². The average Bonchev–Trinajstić information content (AvgIpc) is 2.20. The molecule has 0 saturated carbocycles. The Labute approximate surface area is 95.2 Å². The van der Waals surface area contributed by atoms with Crippen LogP contribution in [0.25, 0.3) is 0 Å². The topological polar surface area (TPSA) is 69.2 Å². The van der Waals surface area contributed by atoms with E-state index in [4.69, 9.17) is 17.3 Å². The van der Waals surface area contributed by atoms with Gasteiger partial charge in [-0.15, -0.1) is 0 Å². The van der Waals surface area contributed by atoms with Gasteiger partial charge in [-0.1, -0.05) is 11.6 Å². The first-order chi connectivity index (χ1) is 7.41. The molecule has 0 aliphatic heterocycles. The number of nitrogens with zero attached hydrogens (tertiary/aromatic N) is 1. The van der Waals surface area contributed by atoms with Gasteiger partial charge >= 0.3 is 0 Å². The van der Waals surface area contributed by atoms with E-state index < -0.39 is 17.4 Å². The van der Waals surface area contributed by atoms with E-state index in [2.05, 4.69) is 0 Å². The summed E-state index contributed by atoms with van der Waals surface area (Å²) in [7, 11) is 0. The standard InChI is InChI=1S/C9H9ClF2N2O2/c10-7-2-1-6(14(15)16)3-5(7)4-8(13)9(11)12/h1-3,8-9H,4,13H2. The Morgan fingerprint density at radius 3 is 2.62 bits per heavy atom. The van der Waals surface area contributed by atoms with E-state index in [0.29, 0.717) is 0 Å². The second-order valence-corrected chi connectivity index (χ2v) is 3.64. The summed E-state index contributed by atoms with van der Waals surface area (Å²) in [6, 6.07) is 2.29. The number of alkyl halides is 2. The molecule has 7 heteroatoms. The van der Waals surface area contributed by atoms with Gasteiger partial charge in [-0.25, -0.2) is 8.78 Å². The highest BCUT2D eigenvalue weighted by Crippen LogP contribution is 2.23. The lowest BCUT2D eigenvalue weighted by atomic mass is 10.1. The Kier molecular flexibility index (Phi) is 4.14. The smallest absolute Gasteiger partial charge is 0.269 e. The van der Waals surface area contributed by atoms with Crippen LogP contribution in [0.1, 0.15) is 5.56 Å².